The van der Waals surface area contributed by atoms with E-state index in [1.807, 2.05) is 31.2 Å². The smallest absolute Gasteiger partial charge is 0.324 e. The summed E-state index contributed by atoms with van der Waals surface area (Å²) in [6.45, 7) is 2.07. The van der Waals surface area contributed by atoms with E-state index in [0.717, 1.165) is 5.56 Å². The molecule has 7 heteroatoms. The van der Waals surface area contributed by atoms with Crippen LogP contribution in [-0.4, -0.2) is 27.9 Å². The van der Waals surface area contributed by atoms with Crippen molar-refractivity contribution in [2.24, 2.45) is 0 Å². The maximum Gasteiger partial charge on any atom is 0.324 e. The molecule has 0 unspecified atom stereocenters. The molecule has 94 valence electrons. The molecule has 3 N–H and O–H groups in total. The topological polar surface area (TPSA) is 91.9 Å². The van der Waals surface area contributed by atoms with Gasteiger partial charge in [0.1, 0.15) is 12.1 Å². The van der Waals surface area contributed by atoms with E-state index in [1.165, 1.54) is 6.33 Å². The lowest BCUT2D eigenvalue weighted by Gasteiger charge is -2.08. The van der Waals surface area contributed by atoms with E-state index in [1.54, 1.807) is 0 Å². The van der Waals surface area contributed by atoms with Crippen molar-refractivity contribution in [1.82, 2.24) is 20.5 Å². The number of benzene rings is 1. The van der Waals surface area contributed by atoms with Crippen LogP contribution in [0.1, 0.15) is 5.56 Å². The Balaban J connectivity index is 1.72. The molecule has 0 fully saturated rings. The van der Waals surface area contributed by atoms with Crippen molar-refractivity contribution in [3.05, 3.63) is 36.2 Å². The highest BCUT2D eigenvalue weighted by Crippen LogP contribution is 2.10. The van der Waals surface area contributed by atoms with Gasteiger partial charge in [-0.15, -0.1) is 0 Å². The minimum absolute atomic E-state index is 0.0725. The normalized spacial score (nSPS) is 9.83. The lowest BCUT2D eigenvalue weighted by Crippen LogP contribution is -2.32. The summed E-state index contributed by atoms with van der Waals surface area (Å²) in [7, 11) is 0. The van der Waals surface area contributed by atoms with Crippen molar-refractivity contribution in [1.29, 1.82) is 0 Å². The summed E-state index contributed by atoms with van der Waals surface area (Å²) < 4.78 is 5.33. The fourth-order valence-corrected chi connectivity index (χ4v) is 1.24. The third-order valence-electron chi connectivity index (χ3n) is 2.14. The van der Waals surface area contributed by atoms with Crippen LogP contribution >= 0.6 is 0 Å². The second-order valence-electron chi connectivity index (χ2n) is 3.57. The Morgan fingerprint density at radius 3 is 2.83 bits per heavy atom. The van der Waals surface area contributed by atoms with E-state index in [9.17, 15) is 4.79 Å². The highest BCUT2D eigenvalue weighted by Gasteiger charge is 2.02. The van der Waals surface area contributed by atoms with Crippen molar-refractivity contribution < 1.29 is 9.53 Å². The molecular weight excluding hydrogens is 234 g/mol. The number of aromatic amines is 1. The summed E-state index contributed by atoms with van der Waals surface area (Å²) in [5.74, 6) is 0.975. The van der Waals surface area contributed by atoms with Crippen LogP contribution in [0.5, 0.6) is 5.75 Å². The van der Waals surface area contributed by atoms with Gasteiger partial charge in [0.15, 0.2) is 6.73 Å². The number of carbonyl (C=O) groups is 1. The second kappa shape index (κ2) is 5.67. The standard InChI is InChI=1S/C11H13N5O2/c1-8-2-4-9(5-3-8)18-7-13-11(17)15-10-12-6-14-16-10/h2-6H,7H2,1H3,(H3,12,13,14,15,16,17). The number of carbonyl (C=O) groups excluding carboxylic acids is 1. The quantitative estimate of drug-likeness (QED) is 0.709. The molecule has 0 atom stereocenters. The molecule has 0 saturated carbocycles. The van der Waals surface area contributed by atoms with Crippen LogP contribution in [0, 0.1) is 6.92 Å². The first kappa shape index (κ1) is 11.9. The molecule has 2 rings (SSSR count). The SMILES string of the molecule is Cc1ccc(OCNC(=O)Nc2ncn[nH]2)cc1. The number of rotatable bonds is 4. The molecule has 18 heavy (non-hydrogen) atoms. The lowest BCUT2D eigenvalue weighted by molar-refractivity contribution is 0.234. The Kier molecular flexibility index (Phi) is 3.75. The van der Waals surface area contributed by atoms with Crippen LogP contribution in [0.4, 0.5) is 10.7 Å². The maximum atomic E-state index is 11.4. The van der Waals surface area contributed by atoms with Gasteiger partial charge in [-0.25, -0.2) is 9.89 Å². The minimum Gasteiger partial charge on any atom is -0.473 e. The number of nitrogens with one attached hydrogen (secondary N) is 3. The van der Waals surface area contributed by atoms with Crippen molar-refractivity contribution in [2.45, 2.75) is 6.92 Å². The Hall–Kier alpha value is -2.57. The first-order valence-corrected chi connectivity index (χ1v) is 5.34. The van der Waals surface area contributed by atoms with Crippen LogP contribution in [0.3, 0.4) is 0 Å². The molecule has 1 aromatic carbocycles. The van der Waals surface area contributed by atoms with E-state index in [-0.39, 0.29) is 12.7 Å². The fraction of sp³-hybridized carbons (Fsp3) is 0.182. The van der Waals surface area contributed by atoms with Crippen LogP contribution in [0.15, 0.2) is 30.6 Å². The number of urea groups is 1. The van der Waals surface area contributed by atoms with E-state index in [2.05, 4.69) is 25.8 Å². The monoisotopic (exact) mass is 247 g/mol. The third kappa shape index (κ3) is 3.48. The van der Waals surface area contributed by atoms with Crippen LogP contribution < -0.4 is 15.4 Å². The van der Waals surface area contributed by atoms with E-state index in [4.69, 9.17) is 4.74 Å². The molecule has 0 radical (unpaired) electrons. The number of aromatic nitrogens is 3. The molecule has 0 spiro atoms. The molecule has 0 aliphatic rings. The van der Waals surface area contributed by atoms with E-state index < -0.39 is 6.03 Å². The van der Waals surface area contributed by atoms with Crippen LogP contribution in [0.2, 0.25) is 0 Å². The fourth-order valence-electron chi connectivity index (χ4n) is 1.24. The first-order chi connectivity index (χ1) is 8.74. The third-order valence-corrected chi connectivity index (χ3v) is 2.14. The van der Waals surface area contributed by atoms with Gasteiger partial charge in [-0.1, -0.05) is 17.7 Å². The van der Waals surface area contributed by atoms with Crippen molar-refractivity contribution in [2.75, 3.05) is 12.0 Å². The number of nitrogens with zero attached hydrogens (tertiary/aromatic N) is 2. The van der Waals surface area contributed by atoms with Crippen molar-refractivity contribution in [3.63, 3.8) is 0 Å². The van der Waals surface area contributed by atoms with E-state index in [0.29, 0.717) is 5.75 Å². The molecule has 1 heterocycles. The van der Waals surface area contributed by atoms with E-state index >= 15 is 0 Å². The van der Waals surface area contributed by atoms with Gasteiger partial charge in [0.2, 0.25) is 5.95 Å². The zero-order valence-electron chi connectivity index (χ0n) is 9.80. The van der Waals surface area contributed by atoms with Gasteiger partial charge < -0.3 is 10.1 Å². The zero-order chi connectivity index (χ0) is 12.8. The van der Waals surface area contributed by atoms with Gasteiger partial charge in [0, 0.05) is 0 Å². The number of ether oxygens (including phenoxy) is 1. The molecule has 2 amide bonds. The Morgan fingerprint density at radius 1 is 1.39 bits per heavy atom. The molecule has 7 nitrogen and oxygen atoms in total. The molecule has 0 aliphatic heterocycles. The van der Waals surface area contributed by atoms with Crippen LogP contribution in [-0.2, 0) is 0 Å². The molecule has 1 aromatic heterocycles. The molecule has 0 aliphatic carbocycles. The number of H-pyrrole nitrogens is 1. The van der Waals surface area contributed by atoms with Gasteiger partial charge in [-0.05, 0) is 19.1 Å². The Bertz CT molecular complexity index is 495. The van der Waals surface area contributed by atoms with Gasteiger partial charge in [0.25, 0.3) is 0 Å². The molecule has 2 aromatic rings. The first-order valence-electron chi connectivity index (χ1n) is 5.34. The molecule has 0 bridgehead atoms. The van der Waals surface area contributed by atoms with Gasteiger partial charge in [0.05, 0.1) is 0 Å². The number of aryl methyl sites for hydroxylation is 1. The number of hydrogen-bond acceptors (Lipinski definition) is 4. The average molecular weight is 247 g/mol. The van der Waals surface area contributed by atoms with Gasteiger partial charge in [-0.3, -0.25) is 5.32 Å². The summed E-state index contributed by atoms with van der Waals surface area (Å²) in [5, 5.41) is 11.1. The summed E-state index contributed by atoms with van der Waals surface area (Å²) in [4.78, 5) is 15.1. The zero-order valence-corrected chi connectivity index (χ0v) is 9.80. The van der Waals surface area contributed by atoms with Gasteiger partial charge >= 0.3 is 6.03 Å². The molecule has 0 saturated heterocycles. The summed E-state index contributed by atoms with van der Waals surface area (Å²) in [6, 6.07) is 7.13. The number of anilines is 1. The second-order valence-corrected chi connectivity index (χ2v) is 3.57. The lowest BCUT2D eigenvalue weighted by atomic mass is 10.2. The predicted octanol–water partition coefficient (Wildman–Crippen LogP) is 1.27. The van der Waals surface area contributed by atoms with Gasteiger partial charge in [-0.2, -0.15) is 10.1 Å². The summed E-state index contributed by atoms with van der Waals surface area (Å²) >= 11 is 0. The summed E-state index contributed by atoms with van der Waals surface area (Å²) in [6.07, 6.45) is 1.30. The summed E-state index contributed by atoms with van der Waals surface area (Å²) in [5.41, 5.74) is 1.15. The average Bonchev–Trinajstić information content (AvgIpc) is 2.84. The van der Waals surface area contributed by atoms with Crippen molar-refractivity contribution >= 4 is 12.0 Å². The maximum absolute atomic E-state index is 11.4. The highest BCUT2D eigenvalue weighted by atomic mass is 16.5. The Labute approximate surface area is 104 Å². The van der Waals surface area contributed by atoms with Crippen LogP contribution in [0.25, 0.3) is 0 Å². The Morgan fingerprint density at radius 2 is 2.17 bits per heavy atom. The highest BCUT2D eigenvalue weighted by molar-refractivity contribution is 5.87. The molecular formula is C11H13N5O2. The predicted molar refractivity (Wildman–Crippen MR) is 65.2 cm³/mol. The number of hydrogen-bond donors (Lipinski definition) is 3. The minimum atomic E-state index is -0.418. The largest absolute Gasteiger partial charge is 0.473 e. The van der Waals surface area contributed by atoms with Crippen molar-refractivity contribution in [3.8, 4) is 5.75 Å². The number of amides is 2.